The number of ether oxygens (including phenoxy) is 1. The maximum Gasteiger partial charge on any atom is 0.164 e. The predicted molar refractivity (Wildman–Crippen MR) is 230 cm³/mol. The summed E-state index contributed by atoms with van der Waals surface area (Å²) in [6.07, 6.45) is 12.2. The molecule has 0 amide bonds. The van der Waals surface area contributed by atoms with E-state index >= 15 is 0 Å². The summed E-state index contributed by atoms with van der Waals surface area (Å²) in [5.74, 6) is 3.63. The van der Waals surface area contributed by atoms with Crippen LogP contribution in [0.5, 0.6) is 11.5 Å². The summed E-state index contributed by atoms with van der Waals surface area (Å²) in [4.78, 5) is 15.7. The van der Waals surface area contributed by atoms with Crippen molar-refractivity contribution in [3.8, 4) is 56.8 Å². The maximum atomic E-state index is 7.10. The van der Waals surface area contributed by atoms with Crippen LogP contribution in [0.3, 0.4) is 0 Å². The number of aromatic nitrogens is 3. The minimum Gasteiger partial charge on any atom is -0.456 e. The van der Waals surface area contributed by atoms with E-state index < -0.39 is 5.41 Å². The first-order valence-corrected chi connectivity index (χ1v) is 19.8. The van der Waals surface area contributed by atoms with Crippen LogP contribution in [0.1, 0.15) is 46.2 Å². The van der Waals surface area contributed by atoms with Crippen LogP contribution in [0, 0.1) is 0 Å². The van der Waals surface area contributed by atoms with Crippen molar-refractivity contribution in [3.63, 3.8) is 0 Å². The van der Waals surface area contributed by atoms with Gasteiger partial charge in [0, 0.05) is 33.4 Å². The standard InChI is InChI=1S/C53H35N3O/c1-2-15-34(16-3-1)50-54-51(37-31-35-19-12-17-33-18-13-20-36(32-37)48(33)35)56-52(55-50)42-24-5-4-21-38(42)41-25-14-29-46-49(41)57-47-30-11-10-28-45(47)53(46)43-26-8-6-22-39(43)40-23-7-9-27-44(40)53/h1-6,8-17,19-22,24-32H,7,18,23H2. The number of rotatable bonds is 4. The lowest BCUT2D eigenvalue weighted by Gasteiger charge is -2.41. The molecule has 1 aliphatic heterocycles. The summed E-state index contributed by atoms with van der Waals surface area (Å²) >= 11 is 0. The first-order chi connectivity index (χ1) is 28.3. The van der Waals surface area contributed by atoms with E-state index in [2.05, 4.69) is 158 Å². The smallest absolute Gasteiger partial charge is 0.164 e. The predicted octanol–water partition coefficient (Wildman–Crippen LogP) is 12.8. The molecule has 0 fully saturated rings. The molecule has 57 heavy (non-hydrogen) atoms. The van der Waals surface area contributed by atoms with Gasteiger partial charge < -0.3 is 4.74 Å². The van der Waals surface area contributed by atoms with Gasteiger partial charge in [0.15, 0.2) is 17.5 Å². The molecule has 1 atom stereocenters. The molecular weight excluding hydrogens is 695 g/mol. The monoisotopic (exact) mass is 729 g/mol. The molecule has 2 heterocycles. The molecule has 4 nitrogen and oxygen atoms in total. The SMILES string of the molecule is C1=CC2=C(CC1)c1ccccc1C21c2ccccc2Oc2c(-c3ccccc3-c3nc(-c4ccccc4)nc(-c4cc5c6c(cccc6c4)CC=C5)n3)cccc21. The Kier molecular flexibility index (Phi) is 7.00. The Morgan fingerprint density at radius 3 is 2.11 bits per heavy atom. The van der Waals surface area contributed by atoms with Crippen molar-refractivity contribution >= 4 is 22.4 Å². The highest BCUT2D eigenvalue weighted by molar-refractivity contribution is 5.98. The molecular formula is C53H35N3O. The molecule has 0 saturated carbocycles. The van der Waals surface area contributed by atoms with Crippen LogP contribution in [0.25, 0.3) is 67.7 Å². The Labute approximate surface area is 331 Å². The van der Waals surface area contributed by atoms with Crippen molar-refractivity contribution in [3.05, 3.63) is 209 Å². The average molecular weight is 730 g/mol. The second-order valence-electron chi connectivity index (χ2n) is 15.3. The summed E-state index contributed by atoms with van der Waals surface area (Å²) in [7, 11) is 0. The van der Waals surface area contributed by atoms with Gasteiger partial charge in [0.05, 0.1) is 5.41 Å². The van der Waals surface area contributed by atoms with Crippen LogP contribution in [0.4, 0.5) is 0 Å². The Morgan fingerprint density at radius 1 is 0.509 bits per heavy atom. The highest BCUT2D eigenvalue weighted by Crippen LogP contribution is 2.63. The Hall–Kier alpha value is -7.17. The molecule has 7 aromatic carbocycles. The normalized spacial score (nSPS) is 16.9. The molecule has 268 valence electrons. The minimum absolute atomic E-state index is 0.510. The Morgan fingerprint density at radius 2 is 1.21 bits per heavy atom. The summed E-state index contributed by atoms with van der Waals surface area (Å²) < 4.78 is 7.10. The zero-order chi connectivity index (χ0) is 37.5. The van der Waals surface area contributed by atoms with E-state index in [9.17, 15) is 0 Å². The van der Waals surface area contributed by atoms with Crippen LogP contribution in [0.15, 0.2) is 175 Å². The molecule has 0 N–H and O–H groups in total. The number of hydrogen-bond donors (Lipinski definition) is 0. The minimum atomic E-state index is -0.510. The van der Waals surface area contributed by atoms with Crippen molar-refractivity contribution in [2.75, 3.05) is 0 Å². The number of fused-ring (bicyclic) bond motifs is 8. The lowest BCUT2D eigenvalue weighted by atomic mass is 9.64. The van der Waals surface area contributed by atoms with E-state index in [1.165, 1.54) is 49.7 Å². The van der Waals surface area contributed by atoms with Crippen LogP contribution in [-0.4, -0.2) is 15.0 Å². The number of benzene rings is 7. The highest BCUT2D eigenvalue weighted by Gasteiger charge is 2.52. The van der Waals surface area contributed by atoms with E-state index in [-0.39, 0.29) is 0 Å². The van der Waals surface area contributed by atoms with Crippen LogP contribution in [-0.2, 0) is 11.8 Å². The third kappa shape index (κ3) is 4.71. The molecule has 0 bridgehead atoms. The molecule has 1 spiro atoms. The second kappa shape index (κ2) is 12.4. The fraction of sp³-hybridized carbons (Fsp3) is 0.0755. The van der Waals surface area contributed by atoms with E-state index in [1.807, 2.05) is 18.2 Å². The van der Waals surface area contributed by atoms with E-state index in [0.717, 1.165) is 64.1 Å². The third-order valence-electron chi connectivity index (χ3n) is 12.3. The zero-order valence-electron chi connectivity index (χ0n) is 31.1. The van der Waals surface area contributed by atoms with Crippen molar-refractivity contribution in [2.24, 2.45) is 0 Å². The summed E-state index contributed by atoms with van der Waals surface area (Å²) in [5, 5.41) is 2.49. The van der Waals surface area contributed by atoms with E-state index in [4.69, 9.17) is 19.7 Å². The lowest BCUT2D eigenvalue weighted by Crippen LogP contribution is -2.33. The van der Waals surface area contributed by atoms with Gasteiger partial charge >= 0.3 is 0 Å². The molecule has 0 radical (unpaired) electrons. The molecule has 12 rings (SSSR count). The van der Waals surface area contributed by atoms with Gasteiger partial charge in [-0.15, -0.1) is 0 Å². The summed E-state index contributed by atoms with van der Waals surface area (Å²) in [6, 6.07) is 53.9. The third-order valence-corrected chi connectivity index (χ3v) is 12.3. The Bertz CT molecular complexity index is 3080. The number of nitrogens with zero attached hydrogens (tertiary/aromatic N) is 3. The molecule has 8 aromatic rings. The van der Waals surface area contributed by atoms with Crippen molar-refractivity contribution in [1.29, 1.82) is 0 Å². The van der Waals surface area contributed by atoms with Gasteiger partial charge in [0.25, 0.3) is 0 Å². The molecule has 1 unspecified atom stereocenters. The van der Waals surface area contributed by atoms with Gasteiger partial charge in [-0.05, 0) is 87.2 Å². The van der Waals surface area contributed by atoms with Crippen LogP contribution in [0.2, 0.25) is 0 Å². The topological polar surface area (TPSA) is 47.9 Å². The van der Waals surface area contributed by atoms with Crippen LogP contribution < -0.4 is 4.74 Å². The van der Waals surface area contributed by atoms with E-state index in [1.54, 1.807) is 0 Å². The fourth-order valence-electron chi connectivity index (χ4n) is 9.91. The summed E-state index contributed by atoms with van der Waals surface area (Å²) in [5.41, 5.74) is 14.6. The average Bonchev–Trinajstić information content (AvgIpc) is 3.57. The highest BCUT2D eigenvalue weighted by atomic mass is 16.5. The van der Waals surface area contributed by atoms with E-state index in [0.29, 0.717) is 17.5 Å². The van der Waals surface area contributed by atoms with Gasteiger partial charge in [-0.3, -0.25) is 0 Å². The number of para-hydroxylation sites is 2. The largest absolute Gasteiger partial charge is 0.456 e. The molecule has 3 aliphatic carbocycles. The first-order valence-electron chi connectivity index (χ1n) is 19.8. The summed E-state index contributed by atoms with van der Waals surface area (Å²) in [6.45, 7) is 0. The number of hydrogen-bond acceptors (Lipinski definition) is 4. The van der Waals surface area contributed by atoms with Crippen molar-refractivity contribution < 1.29 is 4.74 Å². The van der Waals surface area contributed by atoms with Gasteiger partial charge in [-0.25, -0.2) is 15.0 Å². The Balaban J connectivity index is 1.09. The van der Waals surface area contributed by atoms with Crippen molar-refractivity contribution in [1.82, 2.24) is 15.0 Å². The van der Waals surface area contributed by atoms with Crippen LogP contribution >= 0.6 is 0 Å². The van der Waals surface area contributed by atoms with Gasteiger partial charge in [0.1, 0.15) is 11.5 Å². The molecule has 0 saturated heterocycles. The van der Waals surface area contributed by atoms with Gasteiger partial charge in [0.2, 0.25) is 0 Å². The van der Waals surface area contributed by atoms with Gasteiger partial charge in [-0.1, -0.05) is 158 Å². The maximum absolute atomic E-state index is 7.10. The zero-order valence-corrected chi connectivity index (χ0v) is 31.1. The quantitative estimate of drug-likeness (QED) is 0.181. The van der Waals surface area contributed by atoms with Gasteiger partial charge in [-0.2, -0.15) is 0 Å². The molecule has 4 heteroatoms. The lowest BCUT2D eigenvalue weighted by molar-refractivity contribution is 0.437. The van der Waals surface area contributed by atoms with Crippen molar-refractivity contribution in [2.45, 2.75) is 24.7 Å². The molecule has 1 aromatic heterocycles. The number of allylic oxidation sites excluding steroid dienone is 5. The second-order valence-corrected chi connectivity index (χ2v) is 15.3. The fourth-order valence-corrected chi connectivity index (χ4v) is 9.91. The first kappa shape index (κ1) is 32.1. The molecule has 4 aliphatic rings.